The van der Waals surface area contributed by atoms with Gasteiger partial charge in [-0.3, -0.25) is 0 Å². The predicted octanol–water partition coefficient (Wildman–Crippen LogP) is 0.854. The van der Waals surface area contributed by atoms with Crippen LogP contribution in [0.2, 0.25) is 0 Å². The van der Waals surface area contributed by atoms with Gasteiger partial charge in [0, 0.05) is 25.1 Å². The molecule has 0 saturated carbocycles. The number of aliphatic hydroxyl groups excluding tert-OH is 1. The fourth-order valence-electron chi connectivity index (χ4n) is 3.41. The molecule has 2 fully saturated rings. The molecule has 8 heteroatoms. The van der Waals surface area contributed by atoms with E-state index in [0.717, 1.165) is 6.07 Å². The molecule has 128 valence electrons. The maximum atomic E-state index is 13.8. The van der Waals surface area contributed by atoms with Crippen LogP contribution < -0.4 is 4.74 Å². The lowest BCUT2D eigenvalue weighted by Crippen LogP contribution is -2.43. The lowest BCUT2D eigenvalue weighted by Gasteiger charge is -2.36. The first-order chi connectivity index (χ1) is 10.9. The predicted molar refractivity (Wildman–Crippen MR) is 80.2 cm³/mol. The summed E-state index contributed by atoms with van der Waals surface area (Å²) in [4.78, 5) is -0.108. The molecule has 0 aliphatic carbocycles. The first-order valence-corrected chi connectivity index (χ1v) is 8.89. The van der Waals surface area contributed by atoms with Crippen molar-refractivity contribution >= 4 is 10.0 Å². The van der Waals surface area contributed by atoms with Crippen LogP contribution >= 0.6 is 0 Å². The minimum Gasteiger partial charge on any atom is -0.494 e. The average molecular weight is 345 g/mol. The van der Waals surface area contributed by atoms with Gasteiger partial charge in [-0.2, -0.15) is 4.31 Å². The maximum Gasteiger partial charge on any atom is 0.243 e. The molecule has 0 bridgehead atoms. The molecule has 1 N–H and O–H groups in total. The van der Waals surface area contributed by atoms with Crippen molar-refractivity contribution in [1.82, 2.24) is 4.31 Å². The number of sulfonamides is 1. The van der Waals surface area contributed by atoms with Crippen LogP contribution in [-0.4, -0.2) is 57.8 Å². The van der Waals surface area contributed by atoms with Crippen LogP contribution in [0.4, 0.5) is 4.39 Å². The van der Waals surface area contributed by atoms with Gasteiger partial charge >= 0.3 is 0 Å². The Morgan fingerprint density at radius 3 is 2.91 bits per heavy atom. The highest BCUT2D eigenvalue weighted by Crippen LogP contribution is 2.43. The Labute approximate surface area is 134 Å². The molecule has 6 nitrogen and oxygen atoms in total. The van der Waals surface area contributed by atoms with E-state index in [4.69, 9.17) is 9.47 Å². The monoisotopic (exact) mass is 345 g/mol. The summed E-state index contributed by atoms with van der Waals surface area (Å²) >= 11 is 0. The van der Waals surface area contributed by atoms with Gasteiger partial charge in [-0.1, -0.05) is 0 Å². The zero-order valence-corrected chi connectivity index (χ0v) is 13.7. The fraction of sp³-hybridized carbons (Fsp3) is 0.600. The second-order valence-electron chi connectivity index (χ2n) is 6.15. The van der Waals surface area contributed by atoms with E-state index < -0.39 is 21.3 Å². The van der Waals surface area contributed by atoms with Crippen molar-refractivity contribution in [3.8, 4) is 5.75 Å². The van der Waals surface area contributed by atoms with Crippen molar-refractivity contribution < 1.29 is 27.4 Å². The summed E-state index contributed by atoms with van der Waals surface area (Å²) in [6.45, 7) is 1.29. The minimum absolute atomic E-state index is 0.000676. The lowest BCUT2D eigenvalue weighted by molar-refractivity contribution is -0.0552. The van der Waals surface area contributed by atoms with Gasteiger partial charge < -0.3 is 14.6 Å². The molecule has 0 amide bonds. The van der Waals surface area contributed by atoms with E-state index >= 15 is 0 Å². The van der Waals surface area contributed by atoms with Gasteiger partial charge in [0.1, 0.15) is 0 Å². The van der Waals surface area contributed by atoms with Gasteiger partial charge in [-0.05, 0) is 30.5 Å². The molecule has 2 aliphatic rings. The molecule has 2 atom stereocenters. The van der Waals surface area contributed by atoms with Crippen molar-refractivity contribution in [1.29, 1.82) is 0 Å². The summed E-state index contributed by atoms with van der Waals surface area (Å²) in [5.74, 6) is -0.663. The Hall–Kier alpha value is -1.22. The van der Waals surface area contributed by atoms with E-state index in [1.807, 2.05) is 0 Å². The number of nitrogens with zero attached hydrogens (tertiary/aromatic N) is 1. The van der Waals surface area contributed by atoms with Gasteiger partial charge in [0.25, 0.3) is 0 Å². The average Bonchev–Trinajstić information content (AvgIpc) is 2.95. The number of aliphatic hydroxyl groups is 1. The van der Waals surface area contributed by atoms with Crippen LogP contribution in [0.3, 0.4) is 0 Å². The van der Waals surface area contributed by atoms with Crippen molar-refractivity contribution in [3.63, 3.8) is 0 Å². The molecular weight excluding hydrogens is 325 g/mol. The van der Waals surface area contributed by atoms with Crippen LogP contribution in [-0.2, 0) is 14.8 Å². The number of rotatable bonds is 4. The van der Waals surface area contributed by atoms with Crippen molar-refractivity contribution in [2.75, 3.05) is 40.0 Å². The number of halogens is 1. The zero-order valence-electron chi connectivity index (χ0n) is 12.9. The van der Waals surface area contributed by atoms with Gasteiger partial charge in [0.05, 0.1) is 25.2 Å². The largest absolute Gasteiger partial charge is 0.494 e. The van der Waals surface area contributed by atoms with Crippen LogP contribution in [0.15, 0.2) is 23.1 Å². The van der Waals surface area contributed by atoms with Crippen molar-refractivity contribution in [2.24, 2.45) is 11.3 Å². The molecular formula is C15H20FNO5S. The van der Waals surface area contributed by atoms with Gasteiger partial charge in [0.2, 0.25) is 10.0 Å². The molecule has 0 aromatic heterocycles. The summed E-state index contributed by atoms with van der Waals surface area (Å²) < 4.78 is 51.0. The summed E-state index contributed by atoms with van der Waals surface area (Å²) in [6, 6.07) is 3.61. The van der Waals surface area contributed by atoms with E-state index in [1.165, 1.54) is 23.5 Å². The van der Waals surface area contributed by atoms with Crippen LogP contribution in [0.1, 0.15) is 6.42 Å². The first kappa shape index (κ1) is 16.6. The molecule has 0 radical (unpaired) electrons. The van der Waals surface area contributed by atoms with Crippen LogP contribution in [0.5, 0.6) is 5.75 Å². The highest BCUT2D eigenvalue weighted by Gasteiger charge is 2.51. The molecule has 1 aromatic carbocycles. The SMILES string of the molecule is COc1ccc(S(=O)(=O)N2C[C@@H]3CCOC[C@]3(CO)C2)cc1F. The summed E-state index contributed by atoms with van der Waals surface area (Å²) in [5, 5.41) is 9.74. The Morgan fingerprint density at radius 2 is 2.30 bits per heavy atom. The minimum atomic E-state index is -3.82. The Balaban J connectivity index is 1.90. The van der Waals surface area contributed by atoms with Crippen molar-refractivity contribution in [2.45, 2.75) is 11.3 Å². The standard InChI is InChI=1S/C15H20FNO5S/c1-21-14-3-2-12(6-13(14)16)23(19,20)17-7-11-4-5-22-10-15(11,8-17)9-18/h2-3,6,11,18H,4-5,7-10H2,1H3/t11-,15+/m0/s1. The highest BCUT2D eigenvalue weighted by atomic mass is 32.2. The maximum absolute atomic E-state index is 13.8. The zero-order chi connectivity index (χ0) is 16.7. The molecule has 0 spiro atoms. The molecule has 2 saturated heterocycles. The number of hydrogen-bond donors (Lipinski definition) is 1. The molecule has 1 aromatic rings. The molecule has 2 heterocycles. The molecule has 23 heavy (non-hydrogen) atoms. The third-order valence-corrected chi connectivity index (χ3v) is 6.67. The Bertz CT molecular complexity index is 695. The fourth-order valence-corrected chi connectivity index (χ4v) is 5.00. The van der Waals surface area contributed by atoms with E-state index in [2.05, 4.69) is 0 Å². The number of ether oxygens (including phenoxy) is 2. The third kappa shape index (κ3) is 2.73. The number of methoxy groups -OCH3 is 1. The lowest BCUT2D eigenvalue weighted by atomic mass is 9.76. The van der Waals surface area contributed by atoms with Gasteiger partial charge in [0.15, 0.2) is 11.6 Å². The Morgan fingerprint density at radius 1 is 1.52 bits per heavy atom. The molecule has 3 rings (SSSR count). The second-order valence-corrected chi connectivity index (χ2v) is 8.09. The molecule has 0 unspecified atom stereocenters. The van der Waals surface area contributed by atoms with Crippen LogP contribution in [0, 0.1) is 17.2 Å². The van der Waals surface area contributed by atoms with Crippen LogP contribution in [0.25, 0.3) is 0 Å². The van der Waals surface area contributed by atoms with E-state index in [0.29, 0.717) is 26.2 Å². The summed E-state index contributed by atoms with van der Waals surface area (Å²) in [7, 11) is -2.50. The summed E-state index contributed by atoms with van der Waals surface area (Å²) in [5.41, 5.74) is -0.559. The smallest absolute Gasteiger partial charge is 0.243 e. The topological polar surface area (TPSA) is 76.1 Å². The number of hydrogen-bond acceptors (Lipinski definition) is 5. The van der Waals surface area contributed by atoms with E-state index in [1.54, 1.807) is 0 Å². The number of benzene rings is 1. The highest BCUT2D eigenvalue weighted by molar-refractivity contribution is 7.89. The van der Waals surface area contributed by atoms with Gasteiger partial charge in [-0.25, -0.2) is 12.8 Å². The van der Waals surface area contributed by atoms with E-state index in [-0.39, 0.29) is 29.7 Å². The van der Waals surface area contributed by atoms with Gasteiger partial charge in [-0.15, -0.1) is 0 Å². The summed E-state index contributed by atoms with van der Waals surface area (Å²) in [6.07, 6.45) is 0.712. The third-order valence-electron chi connectivity index (χ3n) is 4.86. The number of fused-ring (bicyclic) bond motifs is 1. The normalized spacial score (nSPS) is 28.6. The first-order valence-electron chi connectivity index (χ1n) is 7.45. The Kier molecular flexibility index (Phi) is 4.35. The van der Waals surface area contributed by atoms with E-state index in [9.17, 15) is 17.9 Å². The molecule has 2 aliphatic heterocycles. The van der Waals surface area contributed by atoms with Crippen molar-refractivity contribution in [3.05, 3.63) is 24.0 Å². The quantitative estimate of drug-likeness (QED) is 0.876. The second kappa shape index (κ2) is 6.01.